The number of carboxylic acids is 1. The Balaban J connectivity index is 0.913. The highest BCUT2D eigenvalue weighted by Crippen LogP contribution is 2.38. The Bertz CT molecular complexity index is 1890. The number of carbonyl (C=O) groups excluding carboxylic acids is 2. The summed E-state index contributed by atoms with van der Waals surface area (Å²) in [6.07, 6.45) is 3.67. The van der Waals surface area contributed by atoms with Crippen LogP contribution < -0.4 is 24.5 Å². The Morgan fingerprint density at radius 1 is 1.00 bits per heavy atom. The third kappa shape index (κ3) is 6.97. The standard InChI is InChI=1S/C35H36F2N8O6/c1-2-45(18-33(46)47)34(48)44(24-40-45)28-6-4-26(5-7-28)41-13-15-42(16-14-41)27-8-10-29(11-9-27)49-19-30-20-50-35(51-30,21-43-23-38-22-39-43)31-12-3-25(36)17-32(31)37/h3-12,17,22-24,30H,2,13-16,18-21H2,1H3. The van der Waals surface area contributed by atoms with Gasteiger partial charge in [0.05, 0.1) is 18.3 Å². The largest absolute Gasteiger partial charge is 0.544 e. The molecule has 0 saturated carbocycles. The van der Waals surface area contributed by atoms with E-state index >= 15 is 0 Å². The molecule has 3 unspecified atom stereocenters. The molecular weight excluding hydrogens is 666 g/mol. The van der Waals surface area contributed by atoms with Crippen molar-refractivity contribution in [3.05, 3.63) is 96.6 Å². The first-order valence-corrected chi connectivity index (χ1v) is 16.6. The number of anilines is 3. The number of benzene rings is 3. The van der Waals surface area contributed by atoms with Crippen LogP contribution in [0.1, 0.15) is 12.5 Å². The molecule has 0 spiro atoms. The lowest BCUT2D eigenvalue weighted by molar-refractivity contribution is -0.844. The Morgan fingerprint density at radius 2 is 1.67 bits per heavy atom. The first-order valence-electron chi connectivity index (χ1n) is 16.6. The van der Waals surface area contributed by atoms with Crippen LogP contribution in [0, 0.1) is 11.6 Å². The smallest absolute Gasteiger partial charge is 0.455 e. The topological polar surface area (TPSA) is 138 Å². The lowest BCUT2D eigenvalue weighted by atomic mass is 10.0. The number of quaternary nitrogens is 1. The molecule has 14 nitrogen and oxygen atoms in total. The summed E-state index contributed by atoms with van der Waals surface area (Å²) < 4.78 is 47.7. The van der Waals surface area contributed by atoms with Gasteiger partial charge < -0.3 is 33.9 Å². The number of hydrogen-bond donors (Lipinski definition) is 0. The van der Waals surface area contributed by atoms with Gasteiger partial charge in [-0.15, -0.1) is 4.59 Å². The molecule has 7 rings (SSSR count). The molecule has 3 aliphatic rings. The third-order valence-corrected chi connectivity index (χ3v) is 9.31. The van der Waals surface area contributed by atoms with Crippen LogP contribution >= 0.6 is 0 Å². The van der Waals surface area contributed by atoms with Gasteiger partial charge in [0, 0.05) is 49.2 Å². The number of nitrogens with zero attached hydrogens (tertiary/aromatic N) is 8. The zero-order chi connectivity index (χ0) is 35.6. The molecule has 1 aromatic heterocycles. The predicted molar refractivity (Wildman–Crippen MR) is 179 cm³/mol. The van der Waals surface area contributed by atoms with Crippen LogP contribution in [0.2, 0.25) is 0 Å². The van der Waals surface area contributed by atoms with Gasteiger partial charge in [-0.2, -0.15) is 5.10 Å². The number of carboxylic acid groups (broad SMARTS) is 1. The van der Waals surface area contributed by atoms with E-state index in [-0.39, 0.29) is 31.9 Å². The number of aliphatic carboxylic acids is 1. The maximum Gasteiger partial charge on any atom is 0.455 e. The number of hydrogen-bond acceptors (Lipinski definition) is 11. The Morgan fingerprint density at radius 3 is 2.27 bits per heavy atom. The number of rotatable bonds is 12. The third-order valence-electron chi connectivity index (χ3n) is 9.31. The molecule has 51 heavy (non-hydrogen) atoms. The van der Waals surface area contributed by atoms with Crippen molar-refractivity contribution in [3.8, 4) is 5.75 Å². The summed E-state index contributed by atoms with van der Waals surface area (Å²) in [4.78, 5) is 34.1. The summed E-state index contributed by atoms with van der Waals surface area (Å²) in [5.74, 6) is -3.71. The Kier molecular flexibility index (Phi) is 9.37. The maximum atomic E-state index is 14.9. The summed E-state index contributed by atoms with van der Waals surface area (Å²) in [6, 6.07) is 18.2. The Labute approximate surface area is 292 Å². The fourth-order valence-corrected chi connectivity index (χ4v) is 6.55. The highest BCUT2D eigenvalue weighted by atomic mass is 19.1. The highest BCUT2D eigenvalue weighted by Gasteiger charge is 2.47. The molecule has 0 N–H and O–H groups in total. The normalized spacial score (nSPS) is 23.3. The van der Waals surface area contributed by atoms with Crippen molar-refractivity contribution in [2.75, 3.05) is 67.2 Å². The van der Waals surface area contributed by atoms with E-state index in [1.54, 1.807) is 6.92 Å². The summed E-state index contributed by atoms with van der Waals surface area (Å²) >= 11 is 0. The Hall–Kier alpha value is -5.45. The average Bonchev–Trinajstić information content (AvgIpc) is 3.88. The summed E-state index contributed by atoms with van der Waals surface area (Å²) in [5, 5.41) is 19.5. The molecule has 4 aromatic rings. The van der Waals surface area contributed by atoms with Gasteiger partial charge in [0.25, 0.3) is 0 Å². The quantitative estimate of drug-likeness (QED) is 0.203. The van der Waals surface area contributed by atoms with Gasteiger partial charge in [0.1, 0.15) is 55.8 Å². The van der Waals surface area contributed by atoms with Crippen LogP contribution in [-0.2, 0) is 26.6 Å². The van der Waals surface area contributed by atoms with Crippen molar-refractivity contribution in [2.45, 2.75) is 25.4 Å². The van der Waals surface area contributed by atoms with Crippen LogP contribution in [-0.4, -0.2) is 96.3 Å². The number of aromatic nitrogens is 3. The van der Waals surface area contributed by atoms with Crippen molar-refractivity contribution >= 4 is 35.4 Å². The lowest BCUT2D eigenvalue weighted by Gasteiger charge is -2.37. The van der Waals surface area contributed by atoms with E-state index in [1.165, 1.54) is 34.6 Å². The number of ether oxygens (including phenoxy) is 3. The minimum atomic E-state index is -1.53. The van der Waals surface area contributed by atoms with Gasteiger partial charge in [-0.3, -0.25) is 0 Å². The van der Waals surface area contributed by atoms with Crippen LogP contribution in [0.3, 0.4) is 0 Å². The minimum absolute atomic E-state index is 0.0156. The molecule has 0 radical (unpaired) electrons. The fourth-order valence-electron chi connectivity index (χ4n) is 6.55. The van der Waals surface area contributed by atoms with Gasteiger partial charge in [-0.25, -0.2) is 28.1 Å². The van der Waals surface area contributed by atoms with E-state index in [9.17, 15) is 23.5 Å². The molecular formula is C35H36F2N8O6. The molecule has 2 amide bonds. The molecule has 3 aromatic carbocycles. The first kappa shape index (κ1) is 34.0. The van der Waals surface area contributed by atoms with E-state index in [2.05, 4.69) is 25.0 Å². The predicted octanol–water partition coefficient (Wildman–Crippen LogP) is 2.70. The van der Waals surface area contributed by atoms with Crippen molar-refractivity contribution in [1.82, 2.24) is 14.8 Å². The lowest BCUT2D eigenvalue weighted by Crippen LogP contribution is -2.54. The van der Waals surface area contributed by atoms with Crippen LogP contribution in [0.25, 0.3) is 0 Å². The average molecular weight is 703 g/mol. The molecule has 0 aliphatic carbocycles. The van der Waals surface area contributed by atoms with Crippen molar-refractivity contribution in [3.63, 3.8) is 0 Å². The van der Waals surface area contributed by atoms with Gasteiger partial charge >= 0.3 is 6.03 Å². The molecule has 0 bridgehead atoms. The van der Waals surface area contributed by atoms with E-state index in [1.807, 2.05) is 48.5 Å². The van der Waals surface area contributed by atoms with E-state index < -0.39 is 46.7 Å². The zero-order valence-electron chi connectivity index (χ0n) is 27.8. The van der Waals surface area contributed by atoms with E-state index in [4.69, 9.17) is 14.2 Å². The second kappa shape index (κ2) is 14.0. The minimum Gasteiger partial charge on any atom is -0.544 e. The van der Waals surface area contributed by atoms with Gasteiger partial charge in [-0.05, 0) is 67.6 Å². The molecule has 16 heteroatoms. The summed E-state index contributed by atoms with van der Waals surface area (Å²) in [5.41, 5.74) is 2.74. The number of carbonyl (C=O) groups is 2. The summed E-state index contributed by atoms with van der Waals surface area (Å²) in [7, 11) is 0. The fraction of sp³-hybridized carbons (Fsp3) is 0.343. The second-order valence-electron chi connectivity index (χ2n) is 12.5. The van der Waals surface area contributed by atoms with Crippen molar-refractivity contribution in [1.29, 1.82) is 0 Å². The van der Waals surface area contributed by atoms with Gasteiger partial charge in [0.2, 0.25) is 5.79 Å². The van der Waals surface area contributed by atoms with Crippen LogP contribution in [0.4, 0.5) is 30.6 Å². The maximum absolute atomic E-state index is 14.9. The molecule has 266 valence electrons. The van der Waals surface area contributed by atoms with Gasteiger partial charge in [0.15, 0.2) is 12.9 Å². The molecule has 4 heterocycles. The SMILES string of the molecule is CC[N+]1(CC(=O)[O-])N=CN(c2ccc(N3CCN(c4ccc(OCC5COC(Cn6cncn6)(c6ccc(F)cc6F)O5)cc4)CC3)cc2)C1=O. The molecule has 2 fully saturated rings. The molecule has 2 saturated heterocycles. The highest BCUT2D eigenvalue weighted by molar-refractivity contribution is 6.07. The molecule has 3 aliphatic heterocycles. The van der Waals surface area contributed by atoms with E-state index in [0.717, 1.165) is 49.7 Å². The van der Waals surface area contributed by atoms with Gasteiger partial charge in [-0.1, -0.05) is 5.10 Å². The van der Waals surface area contributed by atoms with E-state index in [0.29, 0.717) is 11.4 Å². The van der Waals surface area contributed by atoms with Crippen molar-refractivity contribution < 1.29 is 42.3 Å². The van der Waals surface area contributed by atoms with Crippen LogP contribution in [0.15, 0.2) is 84.5 Å². The monoisotopic (exact) mass is 702 g/mol. The summed E-state index contributed by atoms with van der Waals surface area (Å²) in [6.45, 7) is 4.86. The number of halogens is 2. The first-order chi connectivity index (χ1) is 24.7. The van der Waals surface area contributed by atoms with Crippen molar-refractivity contribution in [2.24, 2.45) is 5.10 Å². The number of amides is 2. The number of likely N-dealkylation sites (N-methyl/N-ethyl adjacent to an activating group) is 1. The number of piperazine rings is 1. The zero-order valence-corrected chi connectivity index (χ0v) is 27.8. The molecule has 3 atom stereocenters. The second-order valence-corrected chi connectivity index (χ2v) is 12.5. The number of urea groups is 1. The van der Waals surface area contributed by atoms with Crippen LogP contribution in [0.5, 0.6) is 5.75 Å².